The zero-order chi connectivity index (χ0) is 14.6. The summed E-state index contributed by atoms with van der Waals surface area (Å²) in [5, 5.41) is 19.1. The third kappa shape index (κ3) is 3.75. The van der Waals surface area contributed by atoms with Crippen molar-refractivity contribution < 1.29 is 12.8 Å². The van der Waals surface area contributed by atoms with Gasteiger partial charge in [-0.15, -0.1) is 0 Å². The van der Waals surface area contributed by atoms with E-state index in [1.54, 1.807) is 0 Å². The first-order valence-corrected chi connectivity index (χ1v) is 6.72. The van der Waals surface area contributed by atoms with Crippen LogP contribution in [0.3, 0.4) is 0 Å². The first-order valence-electron chi connectivity index (χ1n) is 4.83. The summed E-state index contributed by atoms with van der Waals surface area (Å²) in [6, 6.07) is 4.51. The third-order valence-corrected chi connectivity index (χ3v) is 3.15. The van der Waals surface area contributed by atoms with Crippen molar-refractivity contribution in [1.29, 1.82) is 10.7 Å². The number of hydrogen-bond donors (Lipinski definition) is 3. The van der Waals surface area contributed by atoms with Crippen LogP contribution in [0.5, 0.6) is 0 Å². The average Bonchev–Trinajstić information content (AvgIpc) is 2.27. The molecule has 0 spiro atoms. The molecule has 7 nitrogen and oxygen atoms in total. The number of hydrogen-bond acceptors (Lipinski definition) is 6. The fourth-order valence-electron chi connectivity index (χ4n) is 1.17. The van der Waals surface area contributed by atoms with Crippen LogP contribution in [0.4, 0.5) is 10.1 Å². The maximum Gasteiger partial charge on any atom is 0.201 e. The van der Waals surface area contributed by atoms with E-state index in [0.717, 1.165) is 24.5 Å². The molecule has 1 rings (SSSR count). The highest BCUT2D eigenvalue weighted by molar-refractivity contribution is 7.90. The Balaban J connectivity index is 3.25. The van der Waals surface area contributed by atoms with Crippen LogP contribution < -0.4 is 11.2 Å². The second-order valence-corrected chi connectivity index (χ2v) is 5.49. The number of benzene rings is 1. The van der Waals surface area contributed by atoms with E-state index in [4.69, 9.17) is 16.4 Å². The van der Waals surface area contributed by atoms with Crippen molar-refractivity contribution in [2.45, 2.75) is 4.90 Å². The Bertz CT molecular complexity index is 690. The lowest BCUT2D eigenvalue weighted by Gasteiger charge is -2.07. The van der Waals surface area contributed by atoms with Crippen molar-refractivity contribution in [3.63, 3.8) is 0 Å². The van der Waals surface area contributed by atoms with Crippen molar-refractivity contribution in [3.8, 4) is 6.07 Å². The van der Waals surface area contributed by atoms with E-state index >= 15 is 0 Å². The first kappa shape index (κ1) is 14.6. The van der Waals surface area contributed by atoms with Crippen LogP contribution in [0, 0.1) is 22.6 Å². The molecule has 0 saturated heterocycles. The molecule has 9 heteroatoms. The number of hydrazone groups is 1. The van der Waals surface area contributed by atoms with Crippen LogP contribution in [0.2, 0.25) is 0 Å². The summed E-state index contributed by atoms with van der Waals surface area (Å²) in [6.45, 7) is 0. The Morgan fingerprint density at radius 1 is 1.58 bits per heavy atom. The predicted octanol–water partition coefficient (Wildman–Crippen LogP) is 0.457. The van der Waals surface area contributed by atoms with Gasteiger partial charge in [0.1, 0.15) is 11.9 Å². The zero-order valence-corrected chi connectivity index (χ0v) is 10.6. The number of nitrogens with two attached hydrogens (primary N) is 1. The van der Waals surface area contributed by atoms with Crippen molar-refractivity contribution >= 4 is 27.1 Å². The second-order valence-electron chi connectivity index (χ2n) is 3.51. The highest BCUT2D eigenvalue weighted by atomic mass is 32.2. The molecule has 0 bridgehead atoms. The number of anilines is 1. The Morgan fingerprint density at radius 3 is 2.68 bits per heavy atom. The van der Waals surface area contributed by atoms with Gasteiger partial charge in [-0.3, -0.25) is 10.8 Å². The molecular weight excluding hydrogens is 273 g/mol. The van der Waals surface area contributed by atoms with Gasteiger partial charge in [0.05, 0.1) is 10.6 Å². The lowest BCUT2D eigenvalue weighted by atomic mass is 10.3. The number of nitrogens with one attached hydrogen (secondary N) is 2. The predicted molar refractivity (Wildman–Crippen MR) is 68.1 cm³/mol. The normalized spacial score (nSPS) is 11.7. The summed E-state index contributed by atoms with van der Waals surface area (Å²) in [4.78, 5) is -0.182. The van der Waals surface area contributed by atoms with Gasteiger partial charge < -0.3 is 5.73 Å². The highest BCUT2D eigenvalue weighted by Gasteiger charge is 2.14. The molecule has 0 aliphatic carbocycles. The Hall–Kier alpha value is -2.47. The smallest absolute Gasteiger partial charge is 0.201 e. The van der Waals surface area contributed by atoms with E-state index in [0.29, 0.717) is 0 Å². The quantitative estimate of drug-likeness (QED) is 0.319. The van der Waals surface area contributed by atoms with Gasteiger partial charge in [0.25, 0.3) is 0 Å². The minimum absolute atomic E-state index is 0.142. The molecule has 0 aromatic heterocycles. The first-order chi connectivity index (χ1) is 8.75. The zero-order valence-electron chi connectivity index (χ0n) is 9.81. The van der Waals surface area contributed by atoms with Crippen molar-refractivity contribution in [3.05, 3.63) is 24.0 Å². The van der Waals surface area contributed by atoms with Gasteiger partial charge in [0.15, 0.2) is 15.7 Å². The van der Waals surface area contributed by atoms with Crippen LogP contribution in [0.1, 0.15) is 0 Å². The molecule has 0 saturated carbocycles. The molecule has 0 radical (unpaired) electrons. The van der Waals surface area contributed by atoms with Gasteiger partial charge in [-0.2, -0.15) is 10.4 Å². The monoisotopic (exact) mass is 283 g/mol. The molecule has 1 aromatic rings. The van der Waals surface area contributed by atoms with Crippen LogP contribution >= 0.6 is 0 Å². The van der Waals surface area contributed by atoms with E-state index in [-0.39, 0.29) is 10.6 Å². The van der Waals surface area contributed by atoms with Crippen molar-refractivity contribution in [1.82, 2.24) is 0 Å². The van der Waals surface area contributed by atoms with Crippen molar-refractivity contribution in [2.75, 3.05) is 11.7 Å². The fourth-order valence-corrected chi connectivity index (χ4v) is 1.99. The van der Waals surface area contributed by atoms with E-state index in [2.05, 4.69) is 10.5 Å². The summed E-state index contributed by atoms with van der Waals surface area (Å²) in [7, 11) is -3.59. The van der Waals surface area contributed by atoms with E-state index in [1.807, 2.05) is 0 Å². The number of nitriles is 1. The summed E-state index contributed by atoms with van der Waals surface area (Å²) in [6.07, 6.45) is 0.950. The minimum atomic E-state index is -3.59. The standard InChI is InChI=1S/C10H10FN5O2S/c1-19(17,18)9-3-2-6(11)4-7(9)15-16-8(5-12)10(13)14/h2-4,15H,1H3,(H3,13,14)/b16-8+. The number of nitrogens with zero attached hydrogens (tertiary/aromatic N) is 2. The van der Waals surface area contributed by atoms with Gasteiger partial charge in [-0.1, -0.05) is 0 Å². The largest absolute Gasteiger partial charge is 0.382 e. The molecule has 0 amide bonds. The SMILES string of the molecule is CS(=O)(=O)c1ccc(F)cc1N/N=C(\C#N)C(=N)N. The molecule has 0 unspecified atom stereocenters. The number of sulfone groups is 1. The van der Waals surface area contributed by atoms with Crippen LogP contribution in [-0.4, -0.2) is 26.2 Å². The van der Waals surface area contributed by atoms with E-state index < -0.39 is 27.2 Å². The third-order valence-electron chi connectivity index (χ3n) is 1.99. The van der Waals surface area contributed by atoms with Gasteiger partial charge in [-0.25, -0.2) is 12.8 Å². The number of halogens is 1. The van der Waals surface area contributed by atoms with E-state index in [1.165, 1.54) is 6.07 Å². The van der Waals surface area contributed by atoms with Gasteiger partial charge in [-0.05, 0) is 12.1 Å². The lowest BCUT2D eigenvalue weighted by molar-refractivity contribution is 0.600. The maximum atomic E-state index is 13.1. The van der Waals surface area contributed by atoms with E-state index in [9.17, 15) is 12.8 Å². The number of amidine groups is 1. The average molecular weight is 283 g/mol. The molecule has 100 valence electrons. The Labute approximate surface area is 109 Å². The minimum Gasteiger partial charge on any atom is -0.382 e. The van der Waals surface area contributed by atoms with Crippen LogP contribution in [-0.2, 0) is 9.84 Å². The molecule has 0 fully saturated rings. The van der Waals surface area contributed by atoms with Crippen molar-refractivity contribution in [2.24, 2.45) is 10.8 Å². The highest BCUT2D eigenvalue weighted by Crippen LogP contribution is 2.22. The van der Waals surface area contributed by atoms with Gasteiger partial charge >= 0.3 is 0 Å². The molecule has 19 heavy (non-hydrogen) atoms. The molecule has 0 aliphatic rings. The number of rotatable bonds is 4. The molecular formula is C10H10FN5O2S. The van der Waals surface area contributed by atoms with Crippen LogP contribution in [0.25, 0.3) is 0 Å². The van der Waals surface area contributed by atoms with Crippen LogP contribution in [0.15, 0.2) is 28.2 Å². The molecule has 0 atom stereocenters. The lowest BCUT2D eigenvalue weighted by Crippen LogP contribution is -2.22. The Kier molecular flexibility index (Phi) is 4.18. The molecule has 0 aliphatic heterocycles. The summed E-state index contributed by atoms with van der Waals surface area (Å²) in [5.41, 5.74) is 6.70. The molecule has 4 N–H and O–H groups in total. The summed E-state index contributed by atoms with van der Waals surface area (Å²) in [5.74, 6) is -1.27. The second kappa shape index (κ2) is 5.45. The molecule has 1 aromatic carbocycles. The summed E-state index contributed by atoms with van der Waals surface area (Å²) < 4.78 is 36.0. The maximum absolute atomic E-state index is 13.1. The topological polar surface area (TPSA) is 132 Å². The van der Waals surface area contributed by atoms with Gasteiger partial charge in [0.2, 0.25) is 5.71 Å². The molecule has 0 heterocycles. The summed E-state index contributed by atoms with van der Waals surface area (Å²) >= 11 is 0. The fraction of sp³-hybridized carbons (Fsp3) is 0.100. The van der Waals surface area contributed by atoms with Gasteiger partial charge in [0, 0.05) is 12.3 Å². The Morgan fingerprint density at radius 2 is 2.21 bits per heavy atom.